The summed E-state index contributed by atoms with van der Waals surface area (Å²) in [6.07, 6.45) is 5.61. The third kappa shape index (κ3) is 4.20. The van der Waals surface area contributed by atoms with Gasteiger partial charge in [-0.1, -0.05) is 44.4 Å². The van der Waals surface area contributed by atoms with E-state index in [-0.39, 0.29) is 5.82 Å². The second kappa shape index (κ2) is 6.44. The molecule has 0 radical (unpaired) electrons. The fourth-order valence-electron chi connectivity index (χ4n) is 3.51. The lowest BCUT2D eigenvalue weighted by molar-refractivity contribution is -0.0189. The Bertz CT molecular complexity index is 460. The van der Waals surface area contributed by atoms with E-state index < -0.39 is 5.60 Å². The normalized spacial score (nSPS) is 27.0. The minimum atomic E-state index is -0.681. The lowest BCUT2D eigenvalue weighted by Crippen LogP contribution is -2.37. The summed E-state index contributed by atoms with van der Waals surface area (Å²) in [5, 5.41) is 11.3. The Hall–Kier alpha value is -0.600. The van der Waals surface area contributed by atoms with Crippen LogP contribution in [0.25, 0.3) is 0 Å². The Kier molecular flexibility index (Phi) is 5.09. The summed E-state index contributed by atoms with van der Waals surface area (Å²) >= 11 is 6.08. The number of hydrogen-bond donors (Lipinski definition) is 1. The van der Waals surface area contributed by atoms with Gasteiger partial charge in [0.25, 0.3) is 0 Å². The zero-order valence-electron chi connectivity index (χ0n) is 12.3. The monoisotopic (exact) mass is 298 g/mol. The van der Waals surface area contributed by atoms with Crippen molar-refractivity contribution in [3.05, 3.63) is 34.6 Å². The van der Waals surface area contributed by atoms with Gasteiger partial charge in [-0.15, -0.1) is 0 Å². The first-order valence-electron chi connectivity index (χ1n) is 7.54. The topological polar surface area (TPSA) is 20.2 Å². The van der Waals surface area contributed by atoms with E-state index in [2.05, 4.69) is 13.8 Å². The van der Waals surface area contributed by atoms with Crippen LogP contribution in [0.4, 0.5) is 4.39 Å². The molecule has 112 valence electrons. The van der Waals surface area contributed by atoms with E-state index in [0.29, 0.717) is 23.3 Å². The Morgan fingerprint density at radius 3 is 2.85 bits per heavy atom. The van der Waals surface area contributed by atoms with Crippen molar-refractivity contribution in [1.29, 1.82) is 0 Å². The summed E-state index contributed by atoms with van der Waals surface area (Å²) < 4.78 is 13.1. The molecule has 1 saturated carbocycles. The first-order chi connectivity index (χ1) is 9.38. The summed E-state index contributed by atoms with van der Waals surface area (Å²) in [5.74, 6) is 0.928. The van der Waals surface area contributed by atoms with E-state index in [0.717, 1.165) is 24.8 Å². The van der Waals surface area contributed by atoms with Crippen LogP contribution in [-0.4, -0.2) is 10.7 Å². The van der Waals surface area contributed by atoms with Crippen molar-refractivity contribution in [2.75, 3.05) is 0 Å². The van der Waals surface area contributed by atoms with Crippen molar-refractivity contribution in [3.63, 3.8) is 0 Å². The van der Waals surface area contributed by atoms with E-state index in [4.69, 9.17) is 11.6 Å². The highest BCUT2D eigenvalue weighted by molar-refractivity contribution is 6.31. The highest BCUT2D eigenvalue weighted by Crippen LogP contribution is 2.38. The number of halogens is 2. The second-order valence-electron chi connectivity index (χ2n) is 6.73. The number of benzene rings is 1. The Morgan fingerprint density at radius 1 is 1.45 bits per heavy atom. The first-order valence-corrected chi connectivity index (χ1v) is 7.92. The molecule has 1 aromatic rings. The average molecular weight is 299 g/mol. The molecule has 0 aromatic heterocycles. The maximum atomic E-state index is 13.1. The number of hydrogen-bond acceptors (Lipinski definition) is 1. The molecule has 2 rings (SSSR count). The fraction of sp³-hybridized carbons (Fsp3) is 0.647. The molecule has 1 aliphatic rings. The zero-order valence-corrected chi connectivity index (χ0v) is 13.1. The van der Waals surface area contributed by atoms with Gasteiger partial charge < -0.3 is 5.11 Å². The predicted molar refractivity (Wildman–Crippen MR) is 81.5 cm³/mol. The van der Waals surface area contributed by atoms with Gasteiger partial charge in [-0.05, 0) is 48.8 Å². The maximum absolute atomic E-state index is 13.1. The van der Waals surface area contributed by atoms with E-state index >= 15 is 0 Å². The van der Waals surface area contributed by atoms with Gasteiger partial charge >= 0.3 is 0 Å². The fourth-order valence-corrected chi connectivity index (χ4v) is 3.74. The molecule has 1 N–H and O–H groups in total. The van der Waals surface area contributed by atoms with Gasteiger partial charge in [0.1, 0.15) is 5.82 Å². The summed E-state index contributed by atoms with van der Waals surface area (Å²) in [7, 11) is 0. The van der Waals surface area contributed by atoms with Gasteiger partial charge in [0.05, 0.1) is 5.60 Å². The first kappa shape index (κ1) is 15.8. The van der Waals surface area contributed by atoms with Crippen LogP contribution in [0.3, 0.4) is 0 Å². The molecule has 20 heavy (non-hydrogen) atoms. The Labute approximate surface area is 126 Å². The van der Waals surface area contributed by atoms with E-state index in [1.54, 1.807) is 6.07 Å². The molecule has 0 spiro atoms. The Balaban J connectivity index is 2.06. The van der Waals surface area contributed by atoms with Crippen molar-refractivity contribution < 1.29 is 9.50 Å². The van der Waals surface area contributed by atoms with E-state index in [9.17, 15) is 9.50 Å². The molecule has 1 aromatic carbocycles. The minimum Gasteiger partial charge on any atom is -0.390 e. The van der Waals surface area contributed by atoms with Crippen LogP contribution >= 0.6 is 11.6 Å². The molecule has 1 fully saturated rings. The summed E-state index contributed by atoms with van der Waals surface area (Å²) in [6, 6.07) is 4.44. The molecule has 0 bridgehead atoms. The second-order valence-corrected chi connectivity index (χ2v) is 7.14. The molecule has 0 heterocycles. The highest BCUT2D eigenvalue weighted by atomic mass is 35.5. The lowest BCUT2D eigenvalue weighted by atomic mass is 9.73. The molecule has 2 atom stereocenters. The number of aliphatic hydroxyl groups is 1. The van der Waals surface area contributed by atoms with Crippen LogP contribution in [0.15, 0.2) is 18.2 Å². The molecule has 1 nitrogen and oxygen atoms in total. The van der Waals surface area contributed by atoms with Gasteiger partial charge in [-0.25, -0.2) is 4.39 Å². The van der Waals surface area contributed by atoms with Gasteiger partial charge in [0.15, 0.2) is 0 Å². The highest BCUT2D eigenvalue weighted by Gasteiger charge is 2.35. The molecule has 1 aliphatic carbocycles. The van der Waals surface area contributed by atoms with Gasteiger partial charge in [0, 0.05) is 11.4 Å². The van der Waals surface area contributed by atoms with Crippen LogP contribution in [0.5, 0.6) is 0 Å². The van der Waals surface area contributed by atoms with Crippen molar-refractivity contribution in [1.82, 2.24) is 0 Å². The average Bonchev–Trinajstić information content (AvgIpc) is 2.32. The number of rotatable bonds is 4. The molecule has 3 heteroatoms. The SMILES string of the molecule is CC(C)CC1CCCC(O)(Cc2ccc(F)cc2Cl)C1. The van der Waals surface area contributed by atoms with Crippen molar-refractivity contribution >= 4 is 11.6 Å². The van der Waals surface area contributed by atoms with Crippen LogP contribution < -0.4 is 0 Å². The maximum Gasteiger partial charge on any atom is 0.124 e. The van der Waals surface area contributed by atoms with E-state index in [1.165, 1.54) is 25.0 Å². The van der Waals surface area contributed by atoms with Gasteiger partial charge in [-0.2, -0.15) is 0 Å². The summed E-state index contributed by atoms with van der Waals surface area (Å²) in [5.41, 5.74) is 0.167. The summed E-state index contributed by atoms with van der Waals surface area (Å²) in [6.45, 7) is 4.45. The third-order valence-corrected chi connectivity index (χ3v) is 4.61. The van der Waals surface area contributed by atoms with Crippen LogP contribution in [0, 0.1) is 17.7 Å². The Morgan fingerprint density at radius 2 is 2.20 bits per heavy atom. The molecular formula is C17H24ClFO. The van der Waals surface area contributed by atoms with Crippen molar-refractivity contribution in [3.8, 4) is 0 Å². The third-order valence-electron chi connectivity index (χ3n) is 4.26. The minimum absolute atomic E-state index is 0.327. The van der Waals surface area contributed by atoms with Gasteiger partial charge in [-0.3, -0.25) is 0 Å². The standard InChI is InChI=1S/C17H24ClFO/c1-12(2)8-13-4-3-7-17(20,10-13)11-14-5-6-15(19)9-16(14)18/h5-6,9,12-13,20H,3-4,7-8,10-11H2,1-2H3. The predicted octanol–water partition coefficient (Wildman–Crippen LogP) is 4.99. The molecule has 0 aliphatic heterocycles. The molecule has 2 unspecified atom stereocenters. The zero-order chi connectivity index (χ0) is 14.8. The van der Waals surface area contributed by atoms with Gasteiger partial charge in [0.2, 0.25) is 0 Å². The van der Waals surface area contributed by atoms with Crippen LogP contribution in [-0.2, 0) is 6.42 Å². The van der Waals surface area contributed by atoms with Crippen LogP contribution in [0.2, 0.25) is 5.02 Å². The van der Waals surface area contributed by atoms with E-state index in [1.807, 2.05) is 0 Å². The molecule has 0 amide bonds. The molecule has 0 saturated heterocycles. The van der Waals surface area contributed by atoms with Crippen molar-refractivity contribution in [2.24, 2.45) is 11.8 Å². The van der Waals surface area contributed by atoms with Crippen molar-refractivity contribution in [2.45, 2.75) is 58.0 Å². The largest absolute Gasteiger partial charge is 0.390 e. The lowest BCUT2D eigenvalue weighted by Gasteiger charge is -2.38. The smallest absolute Gasteiger partial charge is 0.124 e. The summed E-state index contributed by atoms with van der Waals surface area (Å²) in [4.78, 5) is 0. The molecular weight excluding hydrogens is 275 g/mol. The quantitative estimate of drug-likeness (QED) is 0.830. The van der Waals surface area contributed by atoms with Crippen LogP contribution in [0.1, 0.15) is 51.5 Å².